The van der Waals surface area contributed by atoms with Gasteiger partial charge in [0.15, 0.2) is 0 Å². The Morgan fingerprint density at radius 3 is 2.50 bits per heavy atom. The number of hydrogen-bond donors (Lipinski definition) is 2. The third-order valence-electron chi connectivity index (χ3n) is 4.94. The number of hydrogen-bond acceptors (Lipinski definition) is 5. The first-order valence-corrected chi connectivity index (χ1v) is 9.75. The number of ether oxygens (including phenoxy) is 2. The highest BCUT2D eigenvalue weighted by molar-refractivity contribution is 6.08. The number of nitrogens with zero attached hydrogens (tertiary/aromatic N) is 1. The summed E-state index contributed by atoms with van der Waals surface area (Å²) in [6.07, 6.45) is 0.246. The predicted octanol–water partition coefficient (Wildman–Crippen LogP) is 5.04. The molecule has 0 unspecified atom stereocenters. The van der Waals surface area contributed by atoms with Crippen molar-refractivity contribution in [2.75, 3.05) is 26.1 Å². The van der Waals surface area contributed by atoms with Crippen molar-refractivity contribution in [1.29, 1.82) is 0 Å². The maximum atomic E-state index is 11.2. The lowest BCUT2D eigenvalue weighted by molar-refractivity contribution is 0.150. The molecular formula is C24H23N3O3. The van der Waals surface area contributed by atoms with E-state index >= 15 is 0 Å². The van der Waals surface area contributed by atoms with Gasteiger partial charge in [0, 0.05) is 36.0 Å². The molecular weight excluding hydrogens is 378 g/mol. The molecule has 0 atom stereocenters. The van der Waals surface area contributed by atoms with Gasteiger partial charge in [-0.25, -0.2) is 9.78 Å². The Bertz CT molecular complexity index is 1190. The van der Waals surface area contributed by atoms with Gasteiger partial charge in [-0.15, -0.1) is 0 Å². The minimum absolute atomic E-state index is 0.341. The summed E-state index contributed by atoms with van der Waals surface area (Å²) in [7, 11) is 3.20. The van der Waals surface area contributed by atoms with Crippen LogP contribution in [0.4, 0.5) is 16.2 Å². The number of carbonyl (C=O) groups is 1. The number of aromatic nitrogens is 1. The molecule has 0 saturated heterocycles. The third-order valence-corrected chi connectivity index (χ3v) is 4.94. The van der Waals surface area contributed by atoms with E-state index in [-0.39, 0.29) is 0 Å². The first kappa shape index (κ1) is 19.5. The highest BCUT2D eigenvalue weighted by Gasteiger charge is 2.10. The summed E-state index contributed by atoms with van der Waals surface area (Å²) in [4.78, 5) is 15.9. The number of benzene rings is 3. The summed E-state index contributed by atoms with van der Waals surface area (Å²) >= 11 is 0. The molecule has 1 heterocycles. The van der Waals surface area contributed by atoms with Crippen LogP contribution in [0.5, 0.6) is 5.75 Å². The van der Waals surface area contributed by atoms with Crippen LogP contribution in [0, 0.1) is 0 Å². The zero-order valence-corrected chi connectivity index (χ0v) is 16.9. The Morgan fingerprint density at radius 2 is 1.73 bits per heavy atom. The summed E-state index contributed by atoms with van der Waals surface area (Å²) in [5.74, 6) is 0.777. The fraction of sp³-hybridized carbons (Fsp3) is 0.167. The van der Waals surface area contributed by atoms with E-state index in [1.165, 1.54) is 0 Å². The number of amides is 1. The Morgan fingerprint density at radius 1 is 0.967 bits per heavy atom. The Kier molecular flexibility index (Phi) is 5.66. The van der Waals surface area contributed by atoms with Crippen LogP contribution in [0.3, 0.4) is 0 Å². The lowest BCUT2D eigenvalue weighted by atomic mass is 10.1. The molecule has 4 aromatic rings. The maximum Gasteiger partial charge on any atom is 0.406 e. The van der Waals surface area contributed by atoms with Gasteiger partial charge in [-0.1, -0.05) is 30.3 Å². The van der Waals surface area contributed by atoms with Crippen molar-refractivity contribution in [3.63, 3.8) is 0 Å². The van der Waals surface area contributed by atoms with Crippen molar-refractivity contribution in [3.8, 4) is 5.75 Å². The summed E-state index contributed by atoms with van der Waals surface area (Å²) in [5.41, 5.74) is 4.87. The quantitative estimate of drug-likeness (QED) is 0.443. The van der Waals surface area contributed by atoms with Crippen LogP contribution in [0.15, 0.2) is 66.7 Å². The number of carbonyl (C=O) groups excluding carboxylic acids is 1. The first-order chi connectivity index (χ1) is 14.7. The Hall–Kier alpha value is -3.80. The molecule has 6 heteroatoms. The smallest absolute Gasteiger partial charge is 0.406 e. The topological polar surface area (TPSA) is 72.5 Å². The number of pyridine rings is 1. The van der Waals surface area contributed by atoms with Crippen LogP contribution < -0.4 is 15.4 Å². The summed E-state index contributed by atoms with van der Waals surface area (Å²) in [5, 5.41) is 8.08. The van der Waals surface area contributed by atoms with Gasteiger partial charge in [-0.2, -0.15) is 0 Å². The number of para-hydroxylation sites is 1. The fourth-order valence-electron chi connectivity index (χ4n) is 3.37. The number of fused-ring (bicyclic) bond motifs is 2. The SMILES string of the molecule is CNC(=O)OCCc1ccc(Nc2c3ccccc3nc3cc(OC)ccc23)cc1. The monoisotopic (exact) mass is 401 g/mol. The molecule has 152 valence electrons. The molecule has 0 spiro atoms. The molecule has 0 bridgehead atoms. The third kappa shape index (κ3) is 4.12. The highest BCUT2D eigenvalue weighted by atomic mass is 16.5. The van der Waals surface area contributed by atoms with Crippen LogP contribution in [-0.2, 0) is 11.2 Å². The molecule has 3 aromatic carbocycles. The highest BCUT2D eigenvalue weighted by Crippen LogP contribution is 2.34. The van der Waals surface area contributed by atoms with E-state index in [0.29, 0.717) is 13.0 Å². The van der Waals surface area contributed by atoms with Gasteiger partial charge in [-0.05, 0) is 35.9 Å². The van der Waals surface area contributed by atoms with Gasteiger partial charge >= 0.3 is 6.09 Å². The van der Waals surface area contributed by atoms with E-state index in [9.17, 15) is 4.79 Å². The van der Waals surface area contributed by atoms with Crippen molar-refractivity contribution in [2.24, 2.45) is 0 Å². The van der Waals surface area contributed by atoms with Crippen LogP contribution in [0.25, 0.3) is 21.8 Å². The zero-order chi connectivity index (χ0) is 20.9. The molecule has 0 aliphatic heterocycles. The molecule has 30 heavy (non-hydrogen) atoms. The summed E-state index contributed by atoms with van der Waals surface area (Å²) in [6, 6.07) is 22.1. The summed E-state index contributed by atoms with van der Waals surface area (Å²) < 4.78 is 10.4. The van der Waals surface area contributed by atoms with Crippen LogP contribution >= 0.6 is 0 Å². The Balaban J connectivity index is 1.63. The van der Waals surface area contributed by atoms with Crippen molar-refractivity contribution < 1.29 is 14.3 Å². The lowest BCUT2D eigenvalue weighted by Gasteiger charge is -2.14. The minimum Gasteiger partial charge on any atom is -0.497 e. The van der Waals surface area contributed by atoms with E-state index < -0.39 is 6.09 Å². The molecule has 4 rings (SSSR count). The standard InChI is InChI=1S/C24H23N3O3/c1-25-24(28)30-14-13-16-7-9-17(10-8-16)26-23-19-5-3-4-6-21(19)27-22-15-18(29-2)11-12-20(22)23/h3-12,15H,13-14H2,1-2H3,(H,25,28)(H,26,27). The van der Waals surface area contributed by atoms with E-state index in [0.717, 1.165) is 44.5 Å². The number of nitrogens with one attached hydrogen (secondary N) is 2. The van der Waals surface area contributed by atoms with E-state index in [1.54, 1.807) is 14.2 Å². The fourth-order valence-corrected chi connectivity index (χ4v) is 3.37. The second-order valence-electron chi connectivity index (χ2n) is 6.84. The number of rotatable bonds is 6. The summed E-state index contributed by atoms with van der Waals surface area (Å²) in [6.45, 7) is 0.341. The lowest BCUT2D eigenvalue weighted by Crippen LogP contribution is -2.20. The van der Waals surface area contributed by atoms with Crippen molar-refractivity contribution >= 4 is 39.3 Å². The number of methoxy groups -OCH3 is 1. The second-order valence-corrected chi connectivity index (χ2v) is 6.84. The molecule has 0 fully saturated rings. The molecule has 6 nitrogen and oxygen atoms in total. The van der Waals surface area contributed by atoms with Crippen molar-refractivity contribution in [2.45, 2.75) is 6.42 Å². The van der Waals surface area contributed by atoms with Gasteiger partial charge in [0.1, 0.15) is 5.75 Å². The molecule has 0 radical (unpaired) electrons. The van der Waals surface area contributed by atoms with E-state index in [2.05, 4.69) is 16.7 Å². The van der Waals surface area contributed by atoms with Crippen LogP contribution in [0.2, 0.25) is 0 Å². The Labute approximate surface area is 174 Å². The molecule has 2 N–H and O–H groups in total. The van der Waals surface area contributed by atoms with E-state index in [1.807, 2.05) is 60.7 Å². The normalized spacial score (nSPS) is 10.7. The molecule has 0 aliphatic carbocycles. The van der Waals surface area contributed by atoms with Gasteiger partial charge in [-0.3, -0.25) is 0 Å². The average molecular weight is 401 g/mol. The zero-order valence-electron chi connectivity index (χ0n) is 16.9. The maximum absolute atomic E-state index is 11.2. The van der Waals surface area contributed by atoms with Gasteiger partial charge in [0.2, 0.25) is 0 Å². The molecule has 0 saturated carbocycles. The van der Waals surface area contributed by atoms with Gasteiger partial charge < -0.3 is 20.1 Å². The molecule has 0 aliphatic rings. The van der Waals surface area contributed by atoms with Gasteiger partial charge in [0.25, 0.3) is 0 Å². The van der Waals surface area contributed by atoms with Crippen LogP contribution in [-0.4, -0.2) is 31.8 Å². The number of anilines is 2. The number of alkyl carbamates (subject to hydrolysis) is 1. The van der Waals surface area contributed by atoms with Crippen molar-refractivity contribution in [3.05, 3.63) is 72.3 Å². The second kappa shape index (κ2) is 8.69. The van der Waals surface area contributed by atoms with Crippen LogP contribution in [0.1, 0.15) is 5.56 Å². The molecule has 1 aromatic heterocycles. The first-order valence-electron chi connectivity index (χ1n) is 9.75. The predicted molar refractivity (Wildman–Crippen MR) is 120 cm³/mol. The van der Waals surface area contributed by atoms with Gasteiger partial charge in [0.05, 0.1) is 30.4 Å². The molecule has 1 amide bonds. The minimum atomic E-state index is -0.415. The largest absolute Gasteiger partial charge is 0.497 e. The average Bonchev–Trinajstić information content (AvgIpc) is 2.79. The van der Waals surface area contributed by atoms with Crippen molar-refractivity contribution in [1.82, 2.24) is 10.3 Å². The van der Waals surface area contributed by atoms with E-state index in [4.69, 9.17) is 14.5 Å².